The van der Waals surface area contributed by atoms with Crippen LogP contribution in [0.2, 0.25) is 0 Å². The number of benzene rings is 1. The molecule has 0 radical (unpaired) electrons. The maximum Gasteiger partial charge on any atom is 0.0832 e. The van der Waals surface area contributed by atoms with Gasteiger partial charge in [-0.25, -0.2) is 0 Å². The van der Waals surface area contributed by atoms with Crippen LogP contribution in [0.15, 0.2) is 43.0 Å². The molecule has 0 spiro atoms. The summed E-state index contributed by atoms with van der Waals surface area (Å²) in [6, 6.07) is 10.4. The second-order valence-corrected chi connectivity index (χ2v) is 6.30. The van der Waals surface area contributed by atoms with Crippen LogP contribution in [-0.2, 0) is 0 Å². The maximum absolute atomic E-state index is 3.95. The average Bonchev–Trinajstić information content (AvgIpc) is 2.56. The highest BCUT2D eigenvalue weighted by molar-refractivity contribution is 5.37. The normalized spacial score (nSPS) is 21.9. The van der Waals surface area contributed by atoms with E-state index in [1.807, 2.05) is 12.1 Å². The van der Waals surface area contributed by atoms with Crippen molar-refractivity contribution in [2.45, 2.75) is 57.4 Å². The van der Waals surface area contributed by atoms with Crippen LogP contribution in [0.1, 0.15) is 57.4 Å². The fourth-order valence-electron chi connectivity index (χ4n) is 3.38. The minimum absolute atomic E-state index is 0.0530. The van der Waals surface area contributed by atoms with Crippen molar-refractivity contribution in [3.8, 4) is 11.8 Å². The number of hydrogen-bond acceptors (Lipinski definition) is 1. The van der Waals surface area contributed by atoms with Gasteiger partial charge in [-0.1, -0.05) is 62.3 Å². The quantitative estimate of drug-likeness (QED) is 0.404. The van der Waals surface area contributed by atoms with Gasteiger partial charge < -0.3 is 0 Å². The van der Waals surface area contributed by atoms with Crippen molar-refractivity contribution in [1.29, 1.82) is 0 Å². The highest BCUT2D eigenvalue weighted by Gasteiger charge is 2.36. The molecule has 1 aliphatic heterocycles. The molecule has 1 aliphatic rings. The fourth-order valence-corrected chi connectivity index (χ4v) is 3.38. The third-order valence-corrected chi connectivity index (χ3v) is 4.63. The summed E-state index contributed by atoms with van der Waals surface area (Å²) in [5.41, 5.74) is 1.18. The number of likely N-dealkylation sites (tertiary alicyclic amines) is 1. The van der Waals surface area contributed by atoms with Gasteiger partial charge in [0.25, 0.3) is 0 Å². The lowest BCUT2D eigenvalue weighted by atomic mass is 9.82. The Balaban J connectivity index is 2.23. The van der Waals surface area contributed by atoms with Gasteiger partial charge in [-0.2, -0.15) is 0 Å². The van der Waals surface area contributed by atoms with Crippen LogP contribution in [0.4, 0.5) is 0 Å². The first-order valence-corrected chi connectivity index (χ1v) is 8.75. The van der Waals surface area contributed by atoms with Crippen LogP contribution in [0, 0.1) is 11.8 Å². The number of unbranched alkanes of at least 4 members (excludes halogenated alkanes) is 2. The van der Waals surface area contributed by atoms with Crippen molar-refractivity contribution in [3.63, 3.8) is 0 Å². The van der Waals surface area contributed by atoms with Crippen LogP contribution in [0.3, 0.4) is 0 Å². The molecular formula is C21H29N. The lowest BCUT2D eigenvalue weighted by molar-refractivity contribution is 0.0969. The summed E-state index contributed by atoms with van der Waals surface area (Å²) in [7, 11) is 0. The molecule has 1 aromatic carbocycles. The molecule has 1 heterocycles. The molecule has 1 atom stereocenters. The van der Waals surface area contributed by atoms with E-state index in [9.17, 15) is 0 Å². The van der Waals surface area contributed by atoms with Crippen LogP contribution >= 0.6 is 0 Å². The Morgan fingerprint density at radius 1 is 1.23 bits per heavy atom. The van der Waals surface area contributed by atoms with Gasteiger partial charge in [-0.05, 0) is 44.4 Å². The highest BCUT2D eigenvalue weighted by atomic mass is 15.2. The standard InChI is InChI=1S/C21H29N/c1-3-5-9-15-21(16-10-11-19-22(21)18-4-2)17-14-20-12-7-6-8-13-20/h4,6-8,12-13H,2-3,5,9-11,15-16,18-19H2,1H3. The molecule has 2 rings (SSSR count). The Bertz CT molecular complexity index is 508. The van der Waals surface area contributed by atoms with Crippen molar-refractivity contribution in [3.05, 3.63) is 48.6 Å². The highest BCUT2D eigenvalue weighted by Crippen LogP contribution is 2.32. The minimum atomic E-state index is 0.0530. The molecule has 1 heteroatoms. The van der Waals surface area contributed by atoms with Crippen molar-refractivity contribution in [1.82, 2.24) is 4.90 Å². The Kier molecular flexibility index (Phi) is 6.74. The first-order chi connectivity index (χ1) is 10.8. The maximum atomic E-state index is 3.95. The third kappa shape index (κ3) is 4.49. The van der Waals surface area contributed by atoms with Crippen molar-refractivity contribution in [2.75, 3.05) is 13.1 Å². The first kappa shape index (κ1) is 16.8. The molecule has 0 bridgehead atoms. The molecule has 1 nitrogen and oxygen atoms in total. The summed E-state index contributed by atoms with van der Waals surface area (Å²) >= 11 is 0. The van der Waals surface area contributed by atoms with Crippen LogP contribution in [0.5, 0.6) is 0 Å². The summed E-state index contributed by atoms with van der Waals surface area (Å²) in [6.07, 6.45) is 10.8. The zero-order chi connectivity index (χ0) is 15.7. The molecule has 1 aromatic rings. The number of piperidine rings is 1. The van der Waals surface area contributed by atoms with Gasteiger partial charge in [0.15, 0.2) is 0 Å². The van der Waals surface area contributed by atoms with Gasteiger partial charge in [-0.15, -0.1) is 6.58 Å². The molecule has 118 valence electrons. The lowest BCUT2D eigenvalue weighted by Crippen LogP contribution is -2.51. The Labute approximate surface area is 136 Å². The number of hydrogen-bond donors (Lipinski definition) is 0. The molecule has 22 heavy (non-hydrogen) atoms. The lowest BCUT2D eigenvalue weighted by Gasteiger charge is -2.43. The second-order valence-electron chi connectivity index (χ2n) is 6.30. The summed E-state index contributed by atoms with van der Waals surface area (Å²) in [6.45, 7) is 8.32. The third-order valence-electron chi connectivity index (χ3n) is 4.63. The second kappa shape index (κ2) is 8.81. The van der Waals surface area contributed by atoms with Crippen LogP contribution in [0.25, 0.3) is 0 Å². The molecule has 1 unspecified atom stereocenters. The van der Waals surface area contributed by atoms with Crippen molar-refractivity contribution >= 4 is 0 Å². The first-order valence-electron chi connectivity index (χ1n) is 8.75. The molecule has 1 saturated heterocycles. The van der Waals surface area contributed by atoms with Gasteiger partial charge in [0.05, 0.1) is 5.54 Å². The molecule has 0 saturated carbocycles. The van der Waals surface area contributed by atoms with E-state index < -0.39 is 0 Å². The number of rotatable bonds is 6. The molecule has 0 aromatic heterocycles. The predicted molar refractivity (Wildman–Crippen MR) is 95.8 cm³/mol. The summed E-state index contributed by atoms with van der Waals surface area (Å²) in [4.78, 5) is 2.56. The zero-order valence-corrected chi connectivity index (χ0v) is 14.0. The minimum Gasteiger partial charge on any atom is -0.284 e. The fraction of sp³-hybridized carbons (Fsp3) is 0.524. The van der Waals surface area contributed by atoms with Gasteiger partial charge in [-0.3, -0.25) is 4.90 Å². The van der Waals surface area contributed by atoms with Gasteiger partial charge in [0, 0.05) is 12.1 Å². The number of nitrogens with zero attached hydrogens (tertiary/aromatic N) is 1. The topological polar surface area (TPSA) is 3.24 Å². The van der Waals surface area contributed by atoms with E-state index in [0.29, 0.717) is 0 Å². The Morgan fingerprint density at radius 3 is 2.77 bits per heavy atom. The molecule has 0 N–H and O–H groups in total. The van der Waals surface area contributed by atoms with E-state index in [-0.39, 0.29) is 5.54 Å². The summed E-state index contributed by atoms with van der Waals surface area (Å²) < 4.78 is 0. The Hall–Kier alpha value is -1.52. The monoisotopic (exact) mass is 295 g/mol. The van der Waals surface area contributed by atoms with E-state index in [4.69, 9.17) is 0 Å². The smallest absolute Gasteiger partial charge is 0.0832 e. The Morgan fingerprint density at radius 2 is 2.05 bits per heavy atom. The zero-order valence-electron chi connectivity index (χ0n) is 14.0. The average molecular weight is 295 g/mol. The SMILES string of the molecule is C=CCN1CCCCC1(C#Cc1ccccc1)CCCCC. The summed E-state index contributed by atoms with van der Waals surface area (Å²) in [5.74, 6) is 7.12. The van der Waals surface area contributed by atoms with E-state index in [1.165, 1.54) is 44.9 Å². The van der Waals surface area contributed by atoms with E-state index in [1.54, 1.807) is 0 Å². The summed E-state index contributed by atoms with van der Waals surface area (Å²) in [5, 5.41) is 0. The van der Waals surface area contributed by atoms with Crippen LogP contribution < -0.4 is 0 Å². The van der Waals surface area contributed by atoms with Gasteiger partial charge in [0.2, 0.25) is 0 Å². The van der Waals surface area contributed by atoms with Crippen LogP contribution in [-0.4, -0.2) is 23.5 Å². The largest absolute Gasteiger partial charge is 0.284 e. The van der Waals surface area contributed by atoms with E-state index in [2.05, 4.69) is 54.5 Å². The van der Waals surface area contributed by atoms with E-state index >= 15 is 0 Å². The molecular weight excluding hydrogens is 266 g/mol. The van der Waals surface area contributed by atoms with Gasteiger partial charge >= 0.3 is 0 Å². The predicted octanol–water partition coefficient (Wildman–Crippen LogP) is 5.03. The molecule has 0 amide bonds. The molecule has 1 fully saturated rings. The van der Waals surface area contributed by atoms with Crippen molar-refractivity contribution < 1.29 is 0 Å². The van der Waals surface area contributed by atoms with Crippen molar-refractivity contribution in [2.24, 2.45) is 0 Å². The van der Waals surface area contributed by atoms with E-state index in [0.717, 1.165) is 18.7 Å². The molecule has 0 aliphatic carbocycles. The van der Waals surface area contributed by atoms with Gasteiger partial charge in [0.1, 0.15) is 0 Å².